The van der Waals surface area contributed by atoms with E-state index in [2.05, 4.69) is 5.32 Å². The van der Waals surface area contributed by atoms with Gasteiger partial charge >= 0.3 is 0 Å². The lowest BCUT2D eigenvalue weighted by Crippen LogP contribution is -2.50. The normalized spacial score (nSPS) is 19.9. The maximum absolute atomic E-state index is 12.5. The SMILES string of the molecule is CC[C@H](C)C1C(=O)Nc2ccccc2CN1C(=O)CN. The van der Waals surface area contributed by atoms with Crippen molar-refractivity contribution in [2.45, 2.75) is 32.9 Å². The second-order valence-corrected chi connectivity index (χ2v) is 5.20. The molecule has 0 fully saturated rings. The van der Waals surface area contributed by atoms with Crippen LogP contribution < -0.4 is 11.1 Å². The first-order chi connectivity index (χ1) is 9.58. The molecule has 0 spiro atoms. The van der Waals surface area contributed by atoms with E-state index in [0.29, 0.717) is 6.54 Å². The van der Waals surface area contributed by atoms with Gasteiger partial charge in [-0.25, -0.2) is 0 Å². The molecule has 0 bridgehead atoms. The summed E-state index contributed by atoms with van der Waals surface area (Å²) in [5, 5.41) is 2.92. The lowest BCUT2D eigenvalue weighted by molar-refractivity contribution is -0.139. The summed E-state index contributed by atoms with van der Waals surface area (Å²) in [6.45, 7) is 4.33. The van der Waals surface area contributed by atoms with Crippen molar-refractivity contribution < 1.29 is 9.59 Å². The Morgan fingerprint density at radius 1 is 1.50 bits per heavy atom. The van der Waals surface area contributed by atoms with Crippen molar-refractivity contribution in [1.82, 2.24) is 4.90 Å². The molecule has 2 amide bonds. The van der Waals surface area contributed by atoms with Crippen LogP contribution in [0.1, 0.15) is 25.8 Å². The number of carbonyl (C=O) groups excluding carboxylic acids is 2. The van der Waals surface area contributed by atoms with Gasteiger partial charge in [-0.1, -0.05) is 38.5 Å². The zero-order valence-corrected chi connectivity index (χ0v) is 11.9. The zero-order chi connectivity index (χ0) is 14.7. The number of fused-ring (bicyclic) bond motifs is 1. The van der Waals surface area contributed by atoms with E-state index in [1.54, 1.807) is 4.90 Å². The Bertz CT molecular complexity index is 516. The maximum atomic E-state index is 12.5. The minimum absolute atomic E-state index is 0.0810. The van der Waals surface area contributed by atoms with Crippen molar-refractivity contribution in [3.63, 3.8) is 0 Å². The Labute approximate surface area is 119 Å². The summed E-state index contributed by atoms with van der Waals surface area (Å²) in [4.78, 5) is 26.2. The van der Waals surface area contributed by atoms with Crippen LogP contribution in [0.5, 0.6) is 0 Å². The van der Waals surface area contributed by atoms with Crippen molar-refractivity contribution in [1.29, 1.82) is 0 Å². The van der Waals surface area contributed by atoms with Crippen molar-refractivity contribution in [3.05, 3.63) is 29.8 Å². The maximum Gasteiger partial charge on any atom is 0.247 e. The number of amides is 2. The summed E-state index contributed by atoms with van der Waals surface area (Å²) >= 11 is 0. The van der Waals surface area contributed by atoms with Gasteiger partial charge in [0.05, 0.1) is 6.54 Å². The van der Waals surface area contributed by atoms with E-state index in [4.69, 9.17) is 5.73 Å². The molecule has 1 unspecified atom stereocenters. The molecule has 1 aromatic carbocycles. The van der Waals surface area contributed by atoms with Gasteiger partial charge < -0.3 is 16.0 Å². The highest BCUT2D eigenvalue weighted by molar-refractivity contribution is 5.99. The van der Waals surface area contributed by atoms with Crippen LogP contribution in [0.15, 0.2) is 24.3 Å². The minimum atomic E-state index is -0.469. The highest BCUT2D eigenvalue weighted by Gasteiger charge is 2.35. The molecule has 5 nitrogen and oxygen atoms in total. The van der Waals surface area contributed by atoms with Gasteiger partial charge in [0.15, 0.2) is 0 Å². The monoisotopic (exact) mass is 275 g/mol. The highest BCUT2D eigenvalue weighted by atomic mass is 16.2. The second-order valence-electron chi connectivity index (χ2n) is 5.20. The lowest BCUT2D eigenvalue weighted by atomic mass is 9.96. The molecule has 0 aliphatic carbocycles. The van der Waals surface area contributed by atoms with Crippen LogP contribution in [0.4, 0.5) is 5.69 Å². The molecule has 1 aromatic rings. The first-order valence-electron chi connectivity index (χ1n) is 6.96. The topological polar surface area (TPSA) is 75.4 Å². The average molecular weight is 275 g/mol. The predicted molar refractivity (Wildman–Crippen MR) is 77.9 cm³/mol. The molecular formula is C15H21N3O2. The molecule has 0 saturated carbocycles. The molecule has 0 radical (unpaired) electrons. The molecule has 2 atom stereocenters. The van der Waals surface area contributed by atoms with E-state index >= 15 is 0 Å². The summed E-state index contributed by atoms with van der Waals surface area (Å²) in [5.41, 5.74) is 7.21. The van der Waals surface area contributed by atoms with E-state index in [-0.39, 0.29) is 24.3 Å². The van der Waals surface area contributed by atoms with Crippen LogP contribution in [-0.2, 0) is 16.1 Å². The Kier molecular flexibility index (Phi) is 4.39. The van der Waals surface area contributed by atoms with Gasteiger partial charge in [-0.2, -0.15) is 0 Å². The Morgan fingerprint density at radius 2 is 2.20 bits per heavy atom. The van der Waals surface area contributed by atoms with Gasteiger partial charge in [0.1, 0.15) is 6.04 Å². The summed E-state index contributed by atoms with van der Waals surface area (Å²) in [5.74, 6) is -0.243. The summed E-state index contributed by atoms with van der Waals surface area (Å²) in [6, 6.07) is 7.09. The Morgan fingerprint density at radius 3 is 2.85 bits per heavy atom. The first kappa shape index (κ1) is 14.5. The van der Waals surface area contributed by atoms with Gasteiger partial charge in [0, 0.05) is 12.2 Å². The molecule has 1 aliphatic heterocycles. The standard InChI is InChI=1S/C15H21N3O2/c1-3-10(2)14-15(20)17-12-7-5-4-6-11(12)9-18(14)13(19)8-16/h4-7,10,14H,3,8-9,16H2,1-2H3,(H,17,20)/t10-,14?/m0/s1. The number of anilines is 1. The molecule has 5 heteroatoms. The zero-order valence-electron chi connectivity index (χ0n) is 11.9. The van der Waals surface area contributed by atoms with Crippen LogP contribution in [0.2, 0.25) is 0 Å². The van der Waals surface area contributed by atoms with E-state index in [1.807, 2.05) is 38.1 Å². The van der Waals surface area contributed by atoms with E-state index in [0.717, 1.165) is 17.7 Å². The third-order valence-electron chi connectivity index (χ3n) is 3.90. The minimum Gasteiger partial charge on any atom is -0.325 e. The molecule has 0 aromatic heterocycles. The Hall–Kier alpha value is -1.88. The van der Waals surface area contributed by atoms with Crippen LogP contribution >= 0.6 is 0 Å². The van der Waals surface area contributed by atoms with Crippen molar-refractivity contribution in [3.8, 4) is 0 Å². The van der Waals surface area contributed by atoms with Crippen LogP contribution in [-0.4, -0.2) is 29.3 Å². The average Bonchev–Trinajstić information content (AvgIpc) is 2.61. The summed E-state index contributed by atoms with van der Waals surface area (Å²) < 4.78 is 0. The number of nitrogens with one attached hydrogen (secondary N) is 1. The number of rotatable bonds is 3. The molecule has 1 aliphatic rings. The van der Waals surface area contributed by atoms with Crippen molar-refractivity contribution in [2.24, 2.45) is 11.7 Å². The largest absolute Gasteiger partial charge is 0.325 e. The van der Waals surface area contributed by atoms with E-state index in [9.17, 15) is 9.59 Å². The van der Waals surface area contributed by atoms with Crippen LogP contribution in [0.3, 0.4) is 0 Å². The molecule has 2 rings (SSSR count). The fourth-order valence-corrected chi connectivity index (χ4v) is 2.56. The summed E-state index contributed by atoms with van der Waals surface area (Å²) in [6.07, 6.45) is 0.822. The third-order valence-corrected chi connectivity index (χ3v) is 3.90. The van der Waals surface area contributed by atoms with E-state index < -0.39 is 6.04 Å². The second kappa shape index (κ2) is 6.05. The van der Waals surface area contributed by atoms with Gasteiger partial charge in [-0.05, 0) is 17.5 Å². The highest BCUT2D eigenvalue weighted by Crippen LogP contribution is 2.26. The molecule has 20 heavy (non-hydrogen) atoms. The molecule has 3 N–H and O–H groups in total. The number of hydrogen-bond acceptors (Lipinski definition) is 3. The van der Waals surface area contributed by atoms with Crippen molar-refractivity contribution in [2.75, 3.05) is 11.9 Å². The third kappa shape index (κ3) is 2.67. The predicted octanol–water partition coefficient (Wildman–Crippen LogP) is 1.34. The number of para-hydroxylation sites is 1. The summed E-state index contributed by atoms with van der Waals surface area (Å²) in [7, 11) is 0. The number of nitrogens with zero attached hydrogens (tertiary/aromatic N) is 1. The molecule has 108 valence electrons. The fourth-order valence-electron chi connectivity index (χ4n) is 2.56. The van der Waals surface area contributed by atoms with Crippen LogP contribution in [0.25, 0.3) is 0 Å². The number of benzene rings is 1. The molecule has 0 saturated heterocycles. The van der Waals surface area contributed by atoms with Crippen molar-refractivity contribution >= 4 is 17.5 Å². The van der Waals surface area contributed by atoms with Crippen LogP contribution in [0, 0.1) is 5.92 Å². The quantitative estimate of drug-likeness (QED) is 0.874. The number of nitrogens with two attached hydrogens (primary N) is 1. The molecule has 1 heterocycles. The van der Waals surface area contributed by atoms with E-state index in [1.165, 1.54) is 0 Å². The van der Waals surface area contributed by atoms with Gasteiger partial charge in [0.25, 0.3) is 0 Å². The fraction of sp³-hybridized carbons (Fsp3) is 0.467. The Balaban J connectivity index is 2.42. The number of hydrogen-bond donors (Lipinski definition) is 2. The van der Waals surface area contributed by atoms with Gasteiger partial charge in [-0.3, -0.25) is 9.59 Å². The molecular weight excluding hydrogens is 254 g/mol. The van der Waals surface area contributed by atoms with Gasteiger partial charge in [0.2, 0.25) is 11.8 Å². The lowest BCUT2D eigenvalue weighted by Gasteiger charge is -2.32. The van der Waals surface area contributed by atoms with Gasteiger partial charge in [-0.15, -0.1) is 0 Å². The smallest absolute Gasteiger partial charge is 0.247 e. The first-order valence-corrected chi connectivity index (χ1v) is 6.96. The number of carbonyl (C=O) groups is 2.